The van der Waals surface area contributed by atoms with Crippen LogP contribution in [0, 0.1) is 11.3 Å². The van der Waals surface area contributed by atoms with Crippen molar-refractivity contribution >= 4 is 16.5 Å². The molecule has 0 saturated heterocycles. The lowest BCUT2D eigenvalue weighted by atomic mass is 10.0. The molecule has 0 aliphatic carbocycles. The van der Waals surface area contributed by atoms with Gasteiger partial charge in [0.25, 0.3) is 0 Å². The van der Waals surface area contributed by atoms with Gasteiger partial charge in [-0.05, 0) is 23.3 Å². The summed E-state index contributed by atoms with van der Waals surface area (Å²) in [6.45, 7) is 2.86. The van der Waals surface area contributed by atoms with E-state index in [-0.39, 0.29) is 6.10 Å². The van der Waals surface area contributed by atoms with Crippen molar-refractivity contribution in [2.45, 2.75) is 19.6 Å². The van der Waals surface area contributed by atoms with Crippen LogP contribution in [0.15, 0.2) is 48.5 Å². The Morgan fingerprint density at radius 1 is 1.20 bits per heavy atom. The highest BCUT2D eigenvalue weighted by Crippen LogP contribution is 2.30. The van der Waals surface area contributed by atoms with Gasteiger partial charge in [0.1, 0.15) is 17.9 Å². The molecule has 2 aromatic carbocycles. The van der Waals surface area contributed by atoms with Crippen molar-refractivity contribution in [3.8, 4) is 11.9 Å². The molecule has 0 aliphatic rings. The number of nitrogens with zero attached hydrogens (tertiary/aromatic N) is 2. The number of aromatic nitrogens is 1. The summed E-state index contributed by atoms with van der Waals surface area (Å²) in [5.74, 6) is 0.508. The zero-order valence-corrected chi connectivity index (χ0v) is 14.4. The molecule has 0 aliphatic heterocycles. The number of anilines is 1. The molecule has 5 nitrogen and oxygen atoms in total. The van der Waals surface area contributed by atoms with E-state index in [1.54, 1.807) is 13.2 Å². The number of fused-ring (bicyclic) bond motifs is 1. The lowest BCUT2D eigenvalue weighted by Crippen LogP contribution is -2.20. The van der Waals surface area contributed by atoms with Crippen LogP contribution in [0.25, 0.3) is 10.8 Å². The minimum absolute atomic E-state index is 0.167. The fourth-order valence-corrected chi connectivity index (χ4v) is 2.99. The standard InChI is InChI=1S/C20H21N3O2/c1-14(13-24-2)25-20-19(22)10-17(11-21)23(20)12-16-8-5-7-15-6-3-4-9-18(15)16/h3-10,14H,12-13,22H2,1-2H3/t14-/m1/s1. The summed E-state index contributed by atoms with van der Waals surface area (Å²) in [6.07, 6.45) is -0.167. The molecule has 2 N–H and O–H groups in total. The molecule has 0 unspecified atom stereocenters. The van der Waals surface area contributed by atoms with Crippen LogP contribution in [0.2, 0.25) is 0 Å². The SMILES string of the molecule is COC[C@@H](C)Oc1c(N)cc(C#N)n1Cc1cccc2ccccc12. The Labute approximate surface area is 147 Å². The van der Waals surface area contributed by atoms with E-state index in [0.717, 1.165) is 16.3 Å². The largest absolute Gasteiger partial charge is 0.472 e. The molecule has 1 aromatic heterocycles. The van der Waals surface area contributed by atoms with Crippen molar-refractivity contribution in [2.24, 2.45) is 0 Å². The fourth-order valence-electron chi connectivity index (χ4n) is 2.99. The Kier molecular flexibility index (Phi) is 4.92. The molecule has 0 amide bonds. The van der Waals surface area contributed by atoms with Crippen LogP contribution in [-0.2, 0) is 11.3 Å². The van der Waals surface area contributed by atoms with Crippen LogP contribution >= 0.6 is 0 Å². The highest BCUT2D eigenvalue weighted by Gasteiger charge is 2.18. The molecule has 0 saturated carbocycles. The van der Waals surface area contributed by atoms with E-state index in [0.29, 0.717) is 30.4 Å². The monoisotopic (exact) mass is 335 g/mol. The van der Waals surface area contributed by atoms with Gasteiger partial charge in [0.15, 0.2) is 0 Å². The third-order valence-electron chi connectivity index (χ3n) is 4.11. The van der Waals surface area contributed by atoms with Gasteiger partial charge in [0.2, 0.25) is 5.88 Å². The second-order valence-electron chi connectivity index (χ2n) is 6.01. The van der Waals surface area contributed by atoms with Crippen LogP contribution in [0.4, 0.5) is 5.69 Å². The minimum atomic E-state index is -0.167. The van der Waals surface area contributed by atoms with E-state index >= 15 is 0 Å². The van der Waals surface area contributed by atoms with Crippen molar-refractivity contribution < 1.29 is 9.47 Å². The first-order chi connectivity index (χ1) is 12.1. The molecule has 5 heteroatoms. The Bertz CT molecular complexity index is 919. The van der Waals surface area contributed by atoms with Crippen molar-refractivity contribution in [1.82, 2.24) is 4.57 Å². The van der Waals surface area contributed by atoms with E-state index in [1.165, 1.54) is 0 Å². The first-order valence-corrected chi connectivity index (χ1v) is 8.15. The molecular weight excluding hydrogens is 314 g/mol. The molecule has 1 atom stereocenters. The zero-order chi connectivity index (χ0) is 17.8. The number of ether oxygens (including phenoxy) is 2. The van der Waals surface area contributed by atoms with E-state index < -0.39 is 0 Å². The number of nitriles is 1. The number of methoxy groups -OCH3 is 1. The van der Waals surface area contributed by atoms with Gasteiger partial charge < -0.3 is 15.2 Å². The Morgan fingerprint density at radius 2 is 1.96 bits per heavy atom. The molecule has 0 bridgehead atoms. The summed E-state index contributed by atoms with van der Waals surface area (Å²) in [5, 5.41) is 11.8. The van der Waals surface area contributed by atoms with Crippen LogP contribution in [-0.4, -0.2) is 24.4 Å². The number of hydrogen-bond acceptors (Lipinski definition) is 4. The van der Waals surface area contributed by atoms with Crippen molar-refractivity contribution in [2.75, 3.05) is 19.5 Å². The average Bonchev–Trinajstić information content (AvgIpc) is 2.91. The van der Waals surface area contributed by atoms with E-state index in [1.807, 2.05) is 29.7 Å². The molecule has 25 heavy (non-hydrogen) atoms. The lowest BCUT2D eigenvalue weighted by molar-refractivity contribution is 0.0869. The Balaban J connectivity index is 2.02. The molecule has 0 spiro atoms. The summed E-state index contributed by atoms with van der Waals surface area (Å²) in [4.78, 5) is 0. The summed E-state index contributed by atoms with van der Waals surface area (Å²) < 4.78 is 12.9. The summed E-state index contributed by atoms with van der Waals surface area (Å²) in [6, 6.07) is 18.2. The van der Waals surface area contributed by atoms with Crippen LogP contribution in [0.3, 0.4) is 0 Å². The lowest BCUT2D eigenvalue weighted by Gasteiger charge is -2.18. The quantitative estimate of drug-likeness (QED) is 0.747. The van der Waals surface area contributed by atoms with Crippen LogP contribution in [0.5, 0.6) is 5.88 Å². The molecule has 1 heterocycles. The topological polar surface area (TPSA) is 73.2 Å². The van der Waals surface area contributed by atoms with Gasteiger partial charge in [-0.15, -0.1) is 0 Å². The molecular formula is C20H21N3O2. The third kappa shape index (κ3) is 3.44. The minimum Gasteiger partial charge on any atom is -0.472 e. The normalized spacial score (nSPS) is 12.0. The predicted molar refractivity (Wildman–Crippen MR) is 98.6 cm³/mol. The number of benzene rings is 2. The third-order valence-corrected chi connectivity index (χ3v) is 4.11. The van der Waals surface area contributed by atoms with Crippen LogP contribution in [0.1, 0.15) is 18.2 Å². The Hall–Kier alpha value is -2.97. The fraction of sp³-hybridized carbons (Fsp3) is 0.250. The summed E-state index contributed by atoms with van der Waals surface area (Å²) in [7, 11) is 1.62. The van der Waals surface area contributed by atoms with Gasteiger partial charge in [0, 0.05) is 13.2 Å². The zero-order valence-electron chi connectivity index (χ0n) is 14.4. The first-order valence-electron chi connectivity index (χ1n) is 8.15. The van der Waals surface area contributed by atoms with Gasteiger partial charge in [-0.1, -0.05) is 42.5 Å². The van der Waals surface area contributed by atoms with E-state index in [4.69, 9.17) is 15.2 Å². The molecule has 128 valence electrons. The second-order valence-corrected chi connectivity index (χ2v) is 6.01. The molecule has 3 aromatic rings. The maximum Gasteiger partial charge on any atom is 0.219 e. The van der Waals surface area contributed by atoms with Gasteiger partial charge in [-0.3, -0.25) is 4.57 Å². The number of nitrogen functional groups attached to an aromatic ring is 1. The first kappa shape index (κ1) is 16.9. The molecule has 3 rings (SSSR count). The number of nitrogens with two attached hydrogens (primary N) is 1. The summed E-state index contributed by atoms with van der Waals surface area (Å²) in [5.41, 5.74) is 8.13. The Morgan fingerprint density at radius 3 is 2.72 bits per heavy atom. The van der Waals surface area contributed by atoms with Crippen molar-refractivity contribution in [3.05, 3.63) is 59.8 Å². The van der Waals surface area contributed by atoms with Crippen molar-refractivity contribution in [1.29, 1.82) is 5.26 Å². The summed E-state index contributed by atoms with van der Waals surface area (Å²) >= 11 is 0. The highest BCUT2D eigenvalue weighted by atomic mass is 16.5. The average molecular weight is 335 g/mol. The van der Waals surface area contributed by atoms with Gasteiger partial charge in [-0.2, -0.15) is 5.26 Å². The predicted octanol–water partition coefficient (Wildman–Crippen LogP) is 3.56. The van der Waals surface area contributed by atoms with Gasteiger partial charge in [-0.25, -0.2) is 0 Å². The van der Waals surface area contributed by atoms with Crippen molar-refractivity contribution in [3.63, 3.8) is 0 Å². The van der Waals surface area contributed by atoms with Gasteiger partial charge in [0.05, 0.1) is 18.8 Å². The molecule has 0 radical (unpaired) electrons. The maximum atomic E-state index is 9.48. The van der Waals surface area contributed by atoms with Crippen LogP contribution < -0.4 is 10.5 Å². The number of rotatable bonds is 6. The second kappa shape index (κ2) is 7.29. The van der Waals surface area contributed by atoms with E-state index in [9.17, 15) is 5.26 Å². The number of hydrogen-bond donors (Lipinski definition) is 1. The van der Waals surface area contributed by atoms with E-state index in [2.05, 4.69) is 30.3 Å². The maximum absolute atomic E-state index is 9.48. The smallest absolute Gasteiger partial charge is 0.219 e. The van der Waals surface area contributed by atoms with Gasteiger partial charge >= 0.3 is 0 Å². The highest BCUT2D eigenvalue weighted by molar-refractivity contribution is 5.85. The molecule has 0 fully saturated rings.